The Labute approximate surface area is 101 Å². The number of nitro groups is 1. The Bertz CT molecular complexity index is 569. The van der Waals surface area contributed by atoms with Crippen LogP contribution < -0.4 is 5.73 Å². The number of para-hydroxylation sites is 1. The van der Waals surface area contributed by atoms with Gasteiger partial charge < -0.3 is 15.4 Å². The fraction of sp³-hybridized carbons (Fsp3) is 0.200. The first-order valence-corrected chi connectivity index (χ1v) is 5.07. The van der Waals surface area contributed by atoms with Crippen molar-refractivity contribution in [1.29, 1.82) is 0 Å². The van der Waals surface area contributed by atoms with E-state index in [-0.39, 0.29) is 29.6 Å². The van der Waals surface area contributed by atoms with Crippen molar-refractivity contribution in [2.24, 2.45) is 5.73 Å². The van der Waals surface area contributed by atoms with E-state index in [9.17, 15) is 10.1 Å². The Morgan fingerprint density at radius 1 is 1.50 bits per heavy atom. The average Bonchev–Trinajstić information content (AvgIpc) is 2.87. The molecule has 0 radical (unpaired) electrons. The molecule has 8 nitrogen and oxygen atoms in total. The lowest BCUT2D eigenvalue weighted by Gasteiger charge is -1.99. The Morgan fingerprint density at radius 2 is 2.22 bits per heavy atom. The summed E-state index contributed by atoms with van der Waals surface area (Å²) >= 11 is 0. The van der Waals surface area contributed by atoms with Crippen molar-refractivity contribution in [1.82, 2.24) is 10.1 Å². The van der Waals surface area contributed by atoms with Gasteiger partial charge in [0.05, 0.1) is 11.5 Å². The van der Waals surface area contributed by atoms with E-state index in [0.717, 1.165) is 0 Å². The van der Waals surface area contributed by atoms with Gasteiger partial charge in [0.25, 0.3) is 5.69 Å². The molecule has 1 aromatic carbocycles. The summed E-state index contributed by atoms with van der Waals surface area (Å²) in [5.74, 6) is 0.104. The summed E-state index contributed by atoms with van der Waals surface area (Å²) in [7, 11) is 0. The van der Waals surface area contributed by atoms with Gasteiger partial charge in [0.2, 0.25) is 11.7 Å². The fourth-order valence-corrected chi connectivity index (χ4v) is 1.40. The number of hydrogen-bond acceptors (Lipinski definition) is 7. The van der Waals surface area contributed by atoms with Crippen molar-refractivity contribution < 1.29 is 14.6 Å². The Balaban J connectivity index is 2.43. The van der Waals surface area contributed by atoms with Gasteiger partial charge >= 0.3 is 0 Å². The van der Waals surface area contributed by atoms with Crippen molar-refractivity contribution >= 4 is 5.69 Å². The van der Waals surface area contributed by atoms with Gasteiger partial charge in [-0.15, -0.1) is 0 Å². The highest BCUT2D eigenvalue weighted by Gasteiger charge is 2.21. The zero-order valence-electron chi connectivity index (χ0n) is 9.18. The summed E-state index contributed by atoms with van der Waals surface area (Å²) in [6.45, 7) is -0.349. The number of hydrogen-bond donors (Lipinski definition) is 2. The molecule has 18 heavy (non-hydrogen) atoms. The number of benzene rings is 1. The van der Waals surface area contributed by atoms with Crippen LogP contribution in [0.25, 0.3) is 11.4 Å². The summed E-state index contributed by atoms with van der Waals surface area (Å²) < 4.78 is 4.84. The number of nitrogens with two attached hydrogens (primary N) is 1. The second kappa shape index (κ2) is 4.90. The van der Waals surface area contributed by atoms with E-state index in [0.29, 0.717) is 0 Å². The number of nitrogens with zero attached hydrogens (tertiary/aromatic N) is 3. The third kappa shape index (κ3) is 2.19. The van der Waals surface area contributed by atoms with E-state index in [2.05, 4.69) is 10.1 Å². The molecule has 0 saturated heterocycles. The molecular formula is C10H10N4O4. The fourth-order valence-electron chi connectivity index (χ4n) is 1.40. The first-order valence-electron chi connectivity index (χ1n) is 5.07. The molecule has 0 unspecified atom stereocenters. The van der Waals surface area contributed by atoms with Crippen LogP contribution in [0.4, 0.5) is 5.69 Å². The Kier molecular flexibility index (Phi) is 3.31. The average molecular weight is 250 g/mol. The monoisotopic (exact) mass is 250 g/mol. The highest BCUT2D eigenvalue weighted by atomic mass is 16.6. The normalized spacial score (nSPS) is 12.3. The number of rotatable bonds is 4. The molecule has 0 saturated carbocycles. The van der Waals surface area contributed by atoms with Gasteiger partial charge in [0.1, 0.15) is 11.6 Å². The van der Waals surface area contributed by atoms with Crippen LogP contribution in [0.5, 0.6) is 0 Å². The van der Waals surface area contributed by atoms with Crippen molar-refractivity contribution in [3.63, 3.8) is 0 Å². The molecular weight excluding hydrogens is 240 g/mol. The molecule has 0 aliphatic carbocycles. The summed E-state index contributed by atoms with van der Waals surface area (Å²) in [6, 6.07) is 5.23. The molecule has 1 aromatic heterocycles. The van der Waals surface area contributed by atoms with Gasteiger partial charge in [0.15, 0.2) is 0 Å². The van der Waals surface area contributed by atoms with E-state index in [4.69, 9.17) is 15.4 Å². The predicted octanol–water partition coefficient (Wildman–Crippen LogP) is 0.637. The molecule has 0 bridgehead atoms. The number of nitro benzene ring substituents is 1. The molecule has 0 fully saturated rings. The molecule has 1 atom stereocenters. The minimum atomic E-state index is -0.797. The summed E-state index contributed by atoms with van der Waals surface area (Å²) in [5.41, 5.74) is 5.62. The van der Waals surface area contributed by atoms with Gasteiger partial charge in [-0.25, -0.2) is 0 Å². The van der Waals surface area contributed by atoms with Crippen molar-refractivity contribution in [3.8, 4) is 11.4 Å². The highest BCUT2D eigenvalue weighted by Crippen LogP contribution is 2.27. The summed E-state index contributed by atoms with van der Waals surface area (Å²) in [4.78, 5) is 14.2. The Hall–Kier alpha value is -2.32. The van der Waals surface area contributed by atoms with Crippen LogP contribution in [-0.2, 0) is 0 Å². The summed E-state index contributed by atoms with van der Waals surface area (Å²) in [5, 5.41) is 23.3. The minimum Gasteiger partial charge on any atom is -0.394 e. The van der Waals surface area contributed by atoms with E-state index in [1.165, 1.54) is 12.1 Å². The van der Waals surface area contributed by atoms with E-state index < -0.39 is 11.0 Å². The van der Waals surface area contributed by atoms with Gasteiger partial charge in [0, 0.05) is 6.07 Å². The third-order valence-corrected chi connectivity index (χ3v) is 2.30. The molecule has 8 heteroatoms. The lowest BCUT2D eigenvalue weighted by atomic mass is 10.2. The molecule has 1 heterocycles. The SMILES string of the molecule is N[C@H](CO)c1nc(-c2ccccc2[N+](=O)[O-])no1. The molecule has 2 rings (SSSR count). The van der Waals surface area contributed by atoms with Gasteiger partial charge in [-0.2, -0.15) is 4.98 Å². The van der Waals surface area contributed by atoms with Crippen LogP contribution in [0.2, 0.25) is 0 Å². The first kappa shape index (κ1) is 12.1. The standard InChI is InChI=1S/C10H10N4O4/c11-7(5-15)10-12-9(13-18-10)6-3-1-2-4-8(6)14(16)17/h1-4,7,15H,5,11H2/t7-/m1/s1. The molecule has 3 N–H and O–H groups in total. The zero-order chi connectivity index (χ0) is 13.1. The zero-order valence-corrected chi connectivity index (χ0v) is 9.18. The topological polar surface area (TPSA) is 128 Å². The van der Waals surface area contributed by atoms with E-state index >= 15 is 0 Å². The van der Waals surface area contributed by atoms with Crippen LogP contribution in [0.3, 0.4) is 0 Å². The molecule has 0 aliphatic heterocycles. The second-order valence-electron chi connectivity index (χ2n) is 3.52. The van der Waals surface area contributed by atoms with Gasteiger partial charge in [-0.3, -0.25) is 10.1 Å². The van der Waals surface area contributed by atoms with Crippen LogP contribution in [0.15, 0.2) is 28.8 Å². The van der Waals surface area contributed by atoms with E-state index in [1.807, 2.05) is 0 Å². The number of aliphatic hydroxyl groups excluding tert-OH is 1. The van der Waals surface area contributed by atoms with Crippen LogP contribution in [0, 0.1) is 10.1 Å². The smallest absolute Gasteiger partial charge is 0.280 e. The van der Waals surface area contributed by atoms with Gasteiger partial charge in [-0.1, -0.05) is 17.3 Å². The second-order valence-corrected chi connectivity index (χ2v) is 3.52. The van der Waals surface area contributed by atoms with Gasteiger partial charge in [-0.05, 0) is 6.07 Å². The summed E-state index contributed by atoms with van der Waals surface area (Å²) in [6.07, 6.45) is 0. The molecule has 94 valence electrons. The lowest BCUT2D eigenvalue weighted by Crippen LogP contribution is -2.14. The van der Waals surface area contributed by atoms with Crippen LogP contribution in [-0.4, -0.2) is 26.8 Å². The van der Waals surface area contributed by atoms with Crippen LogP contribution >= 0.6 is 0 Å². The highest BCUT2D eigenvalue weighted by molar-refractivity contribution is 5.67. The predicted molar refractivity (Wildman–Crippen MR) is 60.4 cm³/mol. The largest absolute Gasteiger partial charge is 0.394 e. The van der Waals surface area contributed by atoms with Crippen molar-refractivity contribution in [2.45, 2.75) is 6.04 Å². The first-order chi connectivity index (χ1) is 8.63. The maximum absolute atomic E-state index is 10.8. The molecule has 0 spiro atoms. The lowest BCUT2D eigenvalue weighted by molar-refractivity contribution is -0.384. The number of aromatic nitrogens is 2. The third-order valence-electron chi connectivity index (χ3n) is 2.30. The number of aliphatic hydroxyl groups is 1. The van der Waals surface area contributed by atoms with Crippen molar-refractivity contribution in [2.75, 3.05) is 6.61 Å². The Morgan fingerprint density at radius 3 is 2.89 bits per heavy atom. The maximum atomic E-state index is 10.8. The van der Waals surface area contributed by atoms with Crippen LogP contribution in [0.1, 0.15) is 11.9 Å². The molecule has 0 aliphatic rings. The maximum Gasteiger partial charge on any atom is 0.280 e. The van der Waals surface area contributed by atoms with E-state index in [1.54, 1.807) is 12.1 Å². The molecule has 2 aromatic rings. The van der Waals surface area contributed by atoms with Crippen molar-refractivity contribution in [3.05, 3.63) is 40.3 Å². The molecule has 0 amide bonds. The minimum absolute atomic E-state index is 0.0330. The quantitative estimate of drug-likeness (QED) is 0.601.